The van der Waals surface area contributed by atoms with Crippen molar-refractivity contribution >= 4 is 22.0 Å². The molecule has 5 heteroatoms. The van der Waals surface area contributed by atoms with Gasteiger partial charge in [-0.3, -0.25) is 0 Å². The lowest BCUT2D eigenvalue weighted by Crippen LogP contribution is -2.36. The van der Waals surface area contributed by atoms with Crippen LogP contribution in [0.3, 0.4) is 0 Å². The Bertz CT molecular complexity index is 459. The van der Waals surface area contributed by atoms with Crippen molar-refractivity contribution in [1.82, 2.24) is 0 Å². The summed E-state index contributed by atoms with van der Waals surface area (Å²) in [5, 5.41) is 0. The summed E-state index contributed by atoms with van der Waals surface area (Å²) >= 11 is 3.39. The molecule has 0 saturated carbocycles. The normalized spacial score (nSPS) is 21.2. The van der Waals surface area contributed by atoms with Crippen molar-refractivity contribution in [2.24, 2.45) is 5.73 Å². The number of hydrogen-bond acceptors (Lipinski definition) is 3. The second-order valence-corrected chi connectivity index (χ2v) is 5.59. The first-order chi connectivity index (χ1) is 7.87. The molecule has 1 unspecified atom stereocenters. The van der Waals surface area contributed by atoms with Crippen LogP contribution in [-0.2, 0) is 4.74 Å². The Hall–Kier alpha value is -1.23. The van der Waals surface area contributed by atoms with E-state index in [1.165, 1.54) is 0 Å². The molecule has 0 spiro atoms. The third-order valence-electron chi connectivity index (χ3n) is 2.64. The second-order valence-electron chi connectivity index (χ2n) is 4.67. The van der Waals surface area contributed by atoms with Gasteiger partial charge in [-0.15, -0.1) is 0 Å². The summed E-state index contributed by atoms with van der Waals surface area (Å²) in [5.74, 6) is 0.724. The van der Waals surface area contributed by atoms with Crippen LogP contribution in [0.25, 0.3) is 0 Å². The van der Waals surface area contributed by atoms with Gasteiger partial charge in [-0.2, -0.15) is 0 Å². The molecule has 1 aliphatic heterocycles. The minimum absolute atomic E-state index is 0.348. The molecular weight excluding hydrogens is 286 g/mol. The Kier molecular flexibility index (Phi) is 3.03. The average Bonchev–Trinajstić information content (AvgIpc) is 2.13. The number of ether oxygens (including phenoxy) is 2. The van der Waals surface area contributed by atoms with E-state index in [0.29, 0.717) is 6.42 Å². The predicted molar refractivity (Wildman–Crippen MR) is 66.9 cm³/mol. The second kappa shape index (κ2) is 4.22. The summed E-state index contributed by atoms with van der Waals surface area (Å²) in [6, 6.07) is 5.63. The zero-order chi connectivity index (χ0) is 12.6. The monoisotopic (exact) mass is 299 g/mol. The van der Waals surface area contributed by atoms with E-state index in [1.54, 1.807) is 0 Å². The SMILES string of the molecule is CC1(C)CC(OC(N)=O)c2ccc(Br)cc2O1. The molecule has 1 amide bonds. The lowest BCUT2D eigenvalue weighted by atomic mass is 9.92. The molecule has 92 valence electrons. The fourth-order valence-corrected chi connectivity index (χ4v) is 2.34. The van der Waals surface area contributed by atoms with Crippen molar-refractivity contribution in [2.75, 3.05) is 0 Å². The molecule has 0 fully saturated rings. The quantitative estimate of drug-likeness (QED) is 0.866. The zero-order valence-corrected chi connectivity index (χ0v) is 11.3. The van der Waals surface area contributed by atoms with Crippen molar-refractivity contribution in [1.29, 1.82) is 0 Å². The number of benzene rings is 1. The van der Waals surface area contributed by atoms with Crippen LogP contribution in [0.1, 0.15) is 31.9 Å². The summed E-state index contributed by atoms with van der Waals surface area (Å²) in [7, 11) is 0. The van der Waals surface area contributed by atoms with Gasteiger partial charge in [0.15, 0.2) is 0 Å². The number of hydrogen-bond donors (Lipinski definition) is 1. The first-order valence-electron chi connectivity index (χ1n) is 5.32. The molecule has 1 atom stereocenters. The van der Waals surface area contributed by atoms with Crippen molar-refractivity contribution in [3.63, 3.8) is 0 Å². The smallest absolute Gasteiger partial charge is 0.405 e. The third-order valence-corrected chi connectivity index (χ3v) is 3.14. The third kappa shape index (κ3) is 2.72. The minimum atomic E-state index is -0.762. The molecule has 0 radical (unpaired) electrons. The fourth-order valence-electron chi connectivity index (χ4n) is 2.00. The minimum Gasteiger partial charge on any atom is -0.487 e. The van der Waals surface area contributed by atoms with Crippen LogP contribution in [-0.4, -0.2) is 11.7 Å². The van der Waals surface area contributed by atoms with E-state index in [-0.39, 0.29) is 11.7 Å². The number of amides is 1. The van der Waals surface area contributed by atoms with Gasteiger partial charge in [-0.05, 0) is 26.0 Å². The van der Waals surface area contributed by atoms with E-state index < -0.39 is 6.09 Å². The first-order valence-corrected chi connectivity index (χ1v) is 6.11. The molecule has 4 nitrogen and oxygen atoms in total. The molecule has 1 aromatic rings. The summed E-state index contributed by atoms with van der Waals surface area (Å²) in [6.45, 7) is 3.91. The molecule has 2 N–H and O–H groups in total. The van der Waals surface area contributed by atoms with Crippen LogP contribution >= 0.6 is 15.9 Å². The fraction of sp³-hybridized carbons (Fsp3) is 0.417. The molecule has 0 bridgehead atoms. The summed E-state index contributed by atoms with van der Waals surface area (Å²) in [4.78, 5) is 10.9. The highest BCUT2D eigenvalue weighted by molar-refractivity contribution is 9.10. The van der Waals surface area contributed by atoms with Crippen LogP contribution < -0.4 is 10.5 Å². The summed E-state index contributed by atoms with van der Waals surface area (Å²) in [5.41, 5.74) is 5.56. The molecule has 0 aliphatic carbocycles. The number of primary amides is 1. The highest BCUT2D eigenvalue weighted by Crippen LogP contribution is 2.42. The molecule has 1 aliphatic rings. The molecular formula is C12H14BrNO3. The first kappa shape index (κ1) is 12.2. The van der Waals surface area contributed by atoms with E-state index in [0.717, 1.165) is 15.8 Å². The number of halogens is 1. The van der Waals surface area contributed by atoms with Crippen LogP contribution in [0, 0.1) is 0 Å². The van der Waals surface area contributed by atoms with E-state index in [4.69, 9.17) is 15.2 Å². The molecule has 2 rings (SSSR count). The number of carbonyl (C=O) groups is 1. The van der Waals surface area contributed by atoms with Gasteiger partial charge < -0.3 is 15.2 Å². The lowest BCUT2D eigenvalue weighted by molar-refractivity contribution is 0.00300. The van der Waals surface area contributed by atoms with Crippen molar-refractivity contribution in [2.45, 2.75) is 32.0 Å². The average molecular weight is 300 g/mol. The maximum atomic E-state index is 10.9. The van der Waals surface area contributed by atoms with Crippen molar-refractivity contribution < 1.29 is 14.3 Å². The van der Waals surface area contributed by atoms with Crippen molar-refractivity contribution in [3.05, 3.63) is 28.2 Å². The van der Waals surface area contributed by atoms with Crippen LogP contribution in [0.4, 0.5) is 4.79 Å². The number of nitrogens with two attached hydrogens (primary N) is 1. The van der Waals surface area contributed by atoms with E-state index in [9.17, 15) is 4.79 Å². The molecule has 0 aromatic heterocycles. The van der Waals surface area contributed by atoms with E-state index in [2.05, 4.69) is 15.9 Å². The van der Waals surface area contributed by atoms with Crippen LogP contribution in [0.2, 0.25) is 0 Å². The van der Waals surface area contributed by atoms with Gasteiger partial charge in [-0.25, -0.2) is 4.79 Å². The summed E-state index contributed by atoms with van der Waals surface area (Å²) in [6.07, 6.45) is -0.522. The Balaban J connectivity index is 2.40. The van der Waals surface area contributed by atoms with Gasteiger partial charge in [0.05, 0.1) is 0 Å². The van der Waals surface area contributed by atoms with Crippen molar-refractivity contribution in [3.8, 4) is 5.75 Å². The van der Waals surface area contributed by atoms with Crippen LogP contribution in [0.15, 0.2) is 22.7 Å². The molecule has 0 saturated heterocycles. The van der Waals surface area contributed by atoms with E-state index in [1.807, 2.05) is 32.0 Å². The Morgan fingerprint density at radius 2 is 2.29 bits per heavy atom. The number of carbonyl (C=O) groups excluding carboxylic acids is 1. The van der Waals surface area contributed by atoms with Gasteiger partial charge >= 0.3 is 6.09 Å². The number of fused-ring (bicyclic) bond motifs is 1. The number of rotatable bonds is 1. The maximum Gasteiger partial charge on any atom is 0.405 e. The summed E-state index contributed by atoms with van der Waals surface area (Å²) < 4.78 is 11.9. The zero-order valence-electron chi connectivity index (χ0n) is 9.70. The predicted octanol–water partition coefficient (Wildman–Crippen LogP) is 3.15. The van der Waals surface area contributed by atoms with Gasteiger partial charge in [0.2, 0.25) is 0 Å². The van der Waals surface area contributed by atoms with Gasteiger partial charge in [0.1, 0.15) is 17.5 Å². The highest BCUT2D eigenvalue weighted by atomic mass is 79.9. The standard InChI is InChI=1S/C12H14BrNO3/c1-12(2)6-10(16-11(14)15)8-4-3-7(13)5-9(8)17-12/h3-5,10H,6H2,1-2H3,(H2,14,15). The largest absolute Gasteiger partial charge is 0.487 e. The molecule has 1 heterocycles. The topological polar surface area (TPSA) is 61.5 Å². The Morgan fingerprint density at radius 1 is 1.59 bits per heavy atom. The maximum absolute atomic E-state index is 10.9. The molecule has 17 heavy (non-hydrogen) atoms. The van der Waals surface area contributed by atoms with Gasteiger partial charge in [0, 0.05) is 16.5 Å². The highest BCUT2D eigenvalue weighted by Gasteiger charge is 2.35. The van der Waals surface area contributed by atoms with Gasteiger partial charge in [-0.1, -0.05) is 22.0 Å². The lowest BCUT2D eigenvalue weighted by Gasteiger charge is -2.36. The van der Waals surface area contributed by atoms with E-state index >= 15 is 0 Å². The Labute approximate surface area is 108 Å². The van der Waals surface area contributed by atoms with Crippen LogP contribution in [0.5, 0.6) is 5.75 Å². The van der Waals surface area contributed by atoms with Gasteiger partial charge in [0.25, 0.3) is 0 Å². The Morgan fingerprint density at radius 3 is 2.94 bits per heavy atom. The molecule has 1 aromatic carbocycles.